The van der Waals surface area contributed by atoms with Crippen LogP contribution in [0.1, 0.15) is 36.2 Å². The van der Waals surface area contributed by atoms with Crippen molar-refractivity contribution in [3.05, 3.63) is 71.3 Å². The normalized spacial score (nSPS) is 17.3. The largest absolute Gasteiger partial charge is 0.462 e. The minimum Gasteiger partial charge on any atom is -0.462 e. The second kappa shape index (κ2) is 11.8. The monoisotopic (exact) mass is 464 g/mol. The first kappa shape index (κ1) is 23.9. The highest BCUT2D eigenvalue weighted by atomic mass is 32.2. The van der Waals surface area contributed by atoms with E-state index >= 15 is 0 Å². The fourth-order valence-electron chi connectivity index (χ4n) is 2.89. The molecule has 9 heteroatoms. The molecule has 2 N–H and O–H groups in total. The molecular weight excluding hydrogens is 440 g/mol. The van der Waals surface area contributed by atoms with Gasteiger partial charge in [0, 0.05) is 12.1 Å². The van der Waals surface area contributed by atoms with E-state index in [4.69, 9.17) is 4.74 Å². The van der Waals surface area contributed by atoms with Crippen LogP contribution in [0.15, 0.2) is 70.4 Å². The third-order valence-corrected chi connectivity index (χ3v) is 5.50. The quantitative estimate of drug-likeness (QED) is 0.350. The molecule has 2 aromatic carbocycles. The van der Waals surface area contributed by atoms with Gasteiger partial charge in [0.05, 0.1) is 18.4 Å². The summed E-state index contributed by atoms with van der Waals surface area (Å²) in [4.78, 5) is 36.2. The Balaban J connectivity index is 1.51. The summed E-state index contributed by atoms with van der Waals surface area (Å²) in [6.07, 6.45) is 3.55. The van der Waals surface area contributed by atoms with E-state index in [-0.39, 0.29) is 18.2 Å². The molecule has 1 atom stereocenters. The molecule has 3 rings (SSSR count). The molecule has 0 saturated carbocycles. The average molecular weight is 465 g/mol. The molecule has 170 valence electrons. The maximum atomic E-state index is 12.3. The van der Waals surface area contributed by atoms with Gasteiger partial charge in [-0.2, -0.15) is 5.10 Å². The van der Waals surface area contributed by atoms with Crippen LogP contribution in [0.25, 0.3) is 6.08 Å². The number of benzene rings is 2. The Kier molecular flexibility index (Phi) is 8.54. The molecule has 0 radical (unpaired) electrons. The molecule has 2 amide bonds. The van der Waals surface area contributed by atoms with Crippen LogP contribution in [0.3, 0.4) is 0 Å². The van der Waals surface area contributed by atoms with E-state index in [1.54, 1.807) is 37.4 Å². The predicted octanol–water partition coefficient (Wildman–Crippen LogP) is 3.87. The first-order valence-corrected chi connectivity index (χ1v) is 11.2. The van der Waals surface area contributed by atoms with Crippen LogP contribution in [-0.4, -0.2) is 41.0 Å². The van der Waals surface area contributed by atoms with Crippen molar-refractivity contribution >= 4 is 52.7 Å². The molecule has 8 nitrogen and oxygen atoms in total. The Morgan fingerprint density at radius 2 is 1.88 bits per heavy atom. The Hall–Kier alpha value is -3.72. The van der Waals surface area contributed by atoms with Crippen molar-refractivity contribution in [2.24, 2.45) is 10.2 Å². The molecule has 1 saturated heterocycles. The van der Waals surface area contributed by atoms with E-state index < -0.39 is 11.2 Å². The second-order valence-electron chi connectivity index (χ2n) is 7.09. The minimum atomic E-state index is -0.598. The predicted molar refractivity (Wildman–Crippen MR) is 131 cm³/mol. The van der Waals surface area contributed by atoms with Crippen LogP contribution in [0.4, 0.5) is 5.69 Å². The number of hydrogen-bond donors (Lipinski definition) is 2. The smallest absolute Gasteiger partial charge is 0.338 e. The zero-order chi connectivity index (χ0) is 23.6. The van der Waals surface area contributed by atoms with Gasteiger partial charge in [0.2, 0.25) is 11.8 Å². The molecule has 1 aliphatic rings. The number of hydrogen-bond acceptors (Lipinski definition) is 7. The number of allylic oxidation sites excluding steroid dienone is 1. The maximum Gasteiger partial charge on any atom is 0.338 e. The molecule has 0 aromatic heterocycles. The van der Waals surface area contributed by atoms with Gasteiger partial charge < -0.3 is 15.4 Å². The number of carbonyl (C=O) groups excluding carboxylic acids is 3. The Morgan fingerprint density at radius 1 is 1.15 bits per heavy atom. The van der Waals surface area contributed by atoms with Gasteiger partial charge in [0.1, 0.15) is 5.25 Å². The molecular formula is C24H24N4O4S. The first-order valence-electron chi connectivity index (χ1n) is 10.3. The van der Waals surface area contributed by atoms with Crippen molar-refractivity contribution in [1.82, 2.24) is 5.32 Å². The van der Waals surface area contributed by atoms with Crippen LogP contribution in [0.5, 0.6) is 0 Å². The molecule has 0 spiro atoms. The first-order chi connectivity index (χ1) is 15.9. The molecule has 1 heterocycles. The van der Waals surface area contributed by atoms with Gasteiger partial charge in [0.25, 0.3) is 0 Å². The molecule has 1 aliphatic heterocycles. The van der Waals surface area contributed by atoms with Gasteiger partial charge in [-0.05, 0) is 49.2 Å². The molecule has 33 heavy (non-hydrogen) atoms. The number of thioether (sulfide) groups is 1. The van der Waals surface area contributed by atoms with Crippen molar-refractivity contribution in [2.45, 2.75) is 25.5 Å². The number of nitrogens with zero attached hydrogens (tertiary/aromatic N) is 2. The lowest BCUT2D eigenvalue weighted by Crippen LogP contribution is -2.28. The van der Waals surface area contributed by atoms with Crippen molar-refractivity contribution in [2.75, 3.05) is 11.9 Å². The fraction of sp³-hybridized carbons (Fsp3) is 0.208. The lowest BCUT2D eigenvalue weighted by molar-refractivity contribution is -0.122. The van der Waals surface area contributed by atoms with E-state index in [0.29, 0.717) is 23.0 Å². The summed E-state index contributed by atoms with van der Waals surface area (Å²) in [7, 11) is 0. The molecule has 0 aliphatic carbocycles. The topological polar surface area (TPSA) is 109 Å². The lowest BCUT2D eigenvalue weighted by Gasteiger charge is -2.08. The minimum absolute atomic E-state index is 0.0220. The zero-order valence-corrected chi connectivity index (χ0v) is 19.1. The molecule has 0 bridgehead atoms. The lowest BCUT2D eigenvalue weighted by atomic mass is 10.1. The van der Waals surface area contributed by atoms with Crippen molar-refractivity contribution < 1.29 is 19.1 Å². The summed E-state index contributed by atoms with van der Waals surface area (Å²) < 4.78 is 4.93. The van der Waals surface area contributed by atoms with Crippen molar-refractivity contribution in [3.63, 3.8) is 0 Å². The number of esters is 1. The van der Waals surface area contributed by atoms with Crippen molar-refractivity contribution in [3.8, 4) is 0 Å². The summed E-state index contributed by atoms with van der Waals surface area (Å²) in [5, 5.41) is 13.2. The summed E-state index contributed by atoms with van der Waals surface area (Å²) in [6.45, 7) is 3.93. The summed E-state index contributed by atoms with van der Waals surface area (Å²) in [5.41, 5.74) is 2.88. The van der Waals surface area contributed by atoms with Crippen LogP contribution in [0, 0.1) is 0 Å². The molecule has 2 aromatic rings. The van der Waals surface area contributed by atoms with E-state index in [2.05, 4.69) is 20.8 Å². The standard InChI is InChI=1S/C24H24N4O4S/c1-3-32-23(31)18-9-11-19(12-10-18)26-21(29)14-20-22(30)27-24(33-20)28-25-15-16(2)13-17-7-5-4-6-8-17/h4-13,15,20H,3,14H2,1-2H3,(H,26,29)(H,27,28,30)/b16-13-,25-15-. The van der Waals surface area contributed by atoms with Crippen LogP contribution < -0.4 is 10.6 Å². The highest BCUT2D eigenvalue weighted by Crippen LogP contribution is 2.23. The van der Waals surface area contributed by atoms with Gasteiger partial charge in [0.15, 0.2) is 5.17 Å². The number of nitrogens with one attached hydrogen (secondary N) is 2. The van der Waals surface area contributed by atoms with E-state index in [1.807, 2.05) is 43.3 Å². The number of rotatable bonds is 8. The number of anilines is 1. The van der Waals surface area contributed by atoms with Gasteiger partial charge in [-0.3, -0.25) is 9.59 Å². The summed E-state index contributed by atoms with van der Waals surface area (Å²) >= 11 is 1.16. The average Bonchev–Trinajstić information content (AvgIpc) is 3.13. The van der Waals surface area contributed by atoms with Crippen molar-refractivity contribution in [1.29, 1.82) is 0 Å². The third-order valence-electron chi connectivity index (χ3n) is 4.43. The number of carbonyl (C=O) groups is 3. The molecule has 1 fully saturated rings. The SMILES string of the molecule is CCOC(=O)c1ccc(NC(=O)CC2S/C(=N/N=C\C(C)=C/c3ccccc3)NC2=O)cc1. The Bertz CT molecular complexity index is 1100. The van der Waals surface area contributed by atoms with Gasteiger partial charge in [-0.1, -0.05) is 48.2 Å². The number of amidine groups is 1. The van der Waals surface area contributed by atoms with Gasteiger partial charge >= 0.3 is 5.97 Å². The fourth-order valence-corrected chi connectivity index (χ4v) is 3.82. The van der Waals surface area contributed by atoms with Crippen LogP contribution in [0.2, 0.25) is 0 Å². The maximum absolute atomic E-state index is 12.3. The van der Waals surface area contributed by atoms with E-state index in [9.17, 15) is 14.4 Å². The number of ether oxygens (including phenoxy) is 1. The number of amides is 2. The van der Waals surface area contributed by atoms with E-state index in [0.717, 1.165) is 22.9 Å². The third kappa shape index (κ3) is 7.43. The second-order valence-corrected chi connectivity index (χ2v) is 8.29. The highest BCUT2D eigenvalue weighted by Gasteiger charge is 2.32. The van der Waals surface area contributed by atoms with Gasteiger partial charge in [-0.15, -0.1) is 5.10 Å². The zero-order valence-electron chi connectivity index (χ0n) is 18.3. The summed E-state index contributed by atoms with van der Waals surface area (Å²) in [6, 6.07) is 16.2. The highest BCUT2D eigenvalue weighted by molar-refractivity contribution is 8.15. The molecule has 1 unspecified atom stereocenters. The van der Waals surface area contributed by atoms with Gasteiger partial charge in [-0.25, -0.2) is 4.79 Å². The van der Waals surface area contributed by atoms with Crippen LogP contribution in [-0.2, 0) is 14.3 Å². The summed E-state index contributed by atoms with van der Waals surface area (Å²) in [5.74, 6) is -1.04. The Labute approximate surface area is 196 Å². The van der Waals surface area contributed by atoms with E-state index in [1.165, 1.54) is 0 Å². The van der Waals surface area contributed by atoms with Crippen LogP contribution >= 0.6 is 11.8 Å². The Morgan fingerprint density at radius 3 is 2.58 bits per heavy atom.